The number of fused-ring (bicyclic) bond motifs is 1. The highest BCUT2D eigenvalue weighted by Crippen LogP contribution is 2.25. The molecule has 0 spiro atoms. The van der Waals surface area contributed by atoms with Crippen LogP contribution in [0.2, 0.25) is 0 Å². The number of rotatable bonds is 5. The van der Waals surface area contributed by atoms with Gasteiger partial charge < -0.3 is 10.2 Å². The summed E-state index contributed by atoms with van der Waals surface area (Å²) in [5.41, 5.74) is 4.08. The predicted octanol–water partition coefficient (Wildman–Crippen LogP) is 1.45. The molecule has 0 saturated heterocycles. The minimum Gasteiger partial charge on any atom is -0.393 e. The van der Waals surface area contributed by atoms with Crippen LogP contribution < -0.4 is 0 Å². The van der Waals surface area contributed by atoms with Gasteiger partial charge >= 0.3 is 0 Å². The number of hydrogen-bond acceptors (Lipinski definition) is 5. The Labute approximate surface area is 149 Å². The molecule has 136 valence electrons. The van der Waals surface area contributed by atoms with E-state index in [1.807, 2.05) is 16.8 Å². The smallest absolute Gasteiger partial charge is 0.123 e. The van der Waals surface area contributed by atoms with E-state index in [-0.39, 0.29) is 12.4 Å². The van der Waals surface area contributed by atoms with Gasteiger partial charge in [-0.1, -0.05) is 12.1 Å². The minimum absolute atomic E-state index is 0.278. The summed E-state index contributed by atoms with van der Waals surface area (Å²) in [5.74, 6) is -0.278. The van der Waals surface area contributed by atoms with Crippen LogP contribution in [0.15, 0.2) is 36.5 Å². The fourth-order valence-corrected chi connectivity index (χ4v) is 3.30. The summed E-state index contributed by atoms with van der Waals surface area (Å²) in [6.45, 7) is 2.52. The maximum absolute atomic E-state index is 13.5. The number of halogens is 1. The normalized spacial score (nSPS) is 15.8. The second-order valence-electron chi connectivity index (χ2n) is 6.47. The highest BCUT2D eigenvalue weighted by molar-refractivity contribution is 5.62. The number of H-pyrrole nitrogens is 1. The van der Waals surface area contributed by atoms with Gasteiger partial charge in [0.1, 0.15) is 11.9 Å². The van der Waals surface area contributed by atoms with Crippen molar-refractivity contribution in [2.24, 2.45) is 0 Å². The van der Waals surface area contributed by atoms with Crippen molar-refractivity contribution in [1.82, 2.24) is 24.9 Å². The van der Waals surface area contributed by atoms with Crippen LogP contribution in [0.3, 0.4) is 0 Å². The molecule has 1 aliphatic heterocycles. The van der Waals surface area contributed by atoms with Crippen molar-refractivity contribution in [3.05, 3.63) is 59.3 Å². The third kappa shape index (κ3) is 3.26. The van der Waals surface area contributed by atoms with Gasteiger partial charge in [-0.05, 0) is 18.2 Å². The van der Waals surface area contributed by atoms with Crippen LogP contribution in [0.5, 0.6) is 0 Å². The van der Waals surface area contributed by atoms with Crippen molar-refractivity contribution in [2.75, 3.05) is 13.2 Å². The molecule has 3 heterocycles. The van der Waals surface area contributed by atoms with E-state index in [0.29, 0.717) is 25.3 Å². The van der Waals surface area contributed by atoms with Gasteiger partial charge in [0.2, 0.25) is 0 Å². The van der Waals surface area contributed by atoms with Crippen LogP contribution in [0, 0.1) is 5.82 Å². The zero-order valence-electron chi connectivity index (χ0n) is 14.1. The standard InChI is InChI=1S/C18H20FN5O2/c19-14-3-1-2-12(6-14)18-13(8-20-21-18)9-23-4-5-24-15(10-23)7-16(22-24)17(26)11-25/h1-3,6-8,17,25-26H,4-5,9-11H2,(H,20,21)/t17-/m0/s1. The fourth-order valence-electron chi connectivity index (χ4n) is 3.30. The lowest BCUT2D eigenvalue weighted by Crippen LogP contribution is -2.33. The summed E-state index contributed by atoms with van der Waals surface area (Å²) in [6, 6.07) is 8.28. The lowest BCUT2D eigenvalue weighted by molar-refractivity contribution is 0.0915. The highest BCUT2D eigenvalue weighted by atomic mass is 19.1. The Bertz CT molecular complexity index is 907. The molecule has 1 aliphatic rings. The van der Waals surface area contributed by atoms with Crippen molar-refractivity contribution in [1.29, 1.82) is 0 Å². The van der Waals surface area contributed by atoms with Crippen molar-refractivity contribution in [3.63, 3.8) is 0 Å². The maximum Gasteiger partial charge on any atom is 0.123 e. The molecule has 1 aromatic carbocycles. The zero-order valence-corrected chi connectivity index (χ0v) is 14.1. The molecule has 0 amide bonds. The molecule has 0 unspecified atom stereocenters. The summed E-state index contributed by atoms with van der Waals surface area (Å²) in [7, 11) is 0. The van der Waals surface area contributed by atoms with Gasteiger partial charge in [-0.2, -0.15) is 10.2 Å². The van der Waals surface area contributed by atoms with E-state index in [1.54, 1.807) is 12.3 Å². The quantitative estimate of drug-likeness (QED) is 0.643. The second kappa shape index (κ2) is 6.99. The molecular formula is C18H20FN5O2. The number of aromatic amines is 1. The lowest BCUT2D eigenvalue weighted by atomic mass is 10.1. The summed E-state index contributed by atoms with van der Waals surface area (Å²) in [6.07, 6.45) is 0.822. The van der Waals surface area contributed by atoms with Crippen LogP contribution in [0.1, 0.15) is 23.1 Å². The van der Waals surface area contributed by atoms with Crippen LogP contribution in [0.25, 0.3) is 11.3 Å². The second-order valence-corrected chi connectivity index (χ2v) is 6.47. The first-order valence-electron chi connectivity index (χ1n) is 8.50. The van der Waals surface area contributed by atoms with Crippen molar-refractivity contribution < 1.29 is 14.6 Å². The van der Waals surface area contributed by atoms with E-state index in [1.165, 1.54) is 12.1 Å². The molecule has 3 N–H and O–H groups in total. The number of benzene rings is 1. The Morgan fingerprint density at radius 1 is 1.27 bits per heavy atom. The third-order valence-electron chi connectivity index (χ3n) is 4.64. The summed E-state index contributed by atoms with van der Waals surface area (Å²) >= 11 is 0. The van der Waals surface area contributed by atoms with Crippen LogP contribution in [0.4, 0.5) is 4.39 Å². The van der Waals surface area contributed by atoms with E-state index in [4.69, 9.17) is 5.11 Å². The van der Waals surface area contributed by atoms with Crippen molar-refractivity contribution in [3.8, 4) is 11.3 Å². The Morgan fingerprint density at radius 2 is 2.15 bits per heavy atom. The average molecular weight is 357 g/mol. The van der Waals surface area contributed by atoms with E-state index >= 15 is 0 Å². The predicted molar refractivity (Wildman–Crippen MR) is 92.4 cm³/mol. The molecule has 7 nitrogen and oxygen atoms in total. The molecule has 4 rings (SSSR count). The molecule has 0 bridgehead atoms. The van der Waals surface area contributed by atoms with Crippen LogP contribution in [-0.4, -0.2) is 48.2 Å². The van der Waals surface area contributed by atoms with Crippen molar-refractivity contribution in [2.45, 2.75) is 25.7 Å². The van der Waals surface area contributed by atoms with E-state index in [9.17, 15) is 9.50 Å². The highest BCUT2D eigenvalue weighted by Gasteiger charge is 2.22. The SMILES string of the molecule is OC[C@H](O)c1cc2n(n1)CCN(Cc1cn[nH]c1-c1cccc(F)c1)C2. The molecule has 2 aromatic heterocycles. The first kappa shape index (κ1) is 16.9. The van der Waals surface area contributed by atoms with Gasteiger partial charge in [-0.25, -0.2) is 4.39 Å². The Balaban J connectivity index is 1.51. The zero-order chi connectivity index (χ0) is 18.1. The van der Waals surface area contributed by atoms with Crippen molar-refractivity contribution >= 4 is 0 Å². The molecule has 3 aromatic rings. The monoisotopic (exact) mass is 357 g/mol. The molecule has 0 saturated carbocycles. The first-order valence-corrected chi connectivity index (χ1v) is 8.50. The number of hydrogen-bond donors (Lipinski definition) is 3. The number of aliphatic hydroxyl groups excluding tert-OH is 2. The molecule has 8 heteroatoms. The van der Waals surface area contributed by atoms with Gasteiger partial charge in [0, 0.05) is 30.8 Å². The van der Waals surface area contributed by atoms with E-state index in [0.717, 1.165) is 29.1 Å². The van der Waals surface area contributed by atoms with Crippen LogP contribution in [-0.2, 0) is 19.6 Å². The van der Waals surface area contributed by atoms with Gasteiger partial charge in [-0.15, -0.1) is 0 Å². The first-order chi connectivity index (χ1) is 12.6. The molecular weight excluding hydrogens is 337 g/mol. The topological polar surface area (TPSA) is 90.2 Å². The molecule has 0 radical (unpaired) electrons. The number of aromatic nitrogens is 4. The largest absolute Gasteiger partial charge is 0.393 e. The summed E-state index contributed by atoms with van der Waals surface area (Å²) in [4.78, 5) is 2.25. The van der Waals surface area contributed by atoms with Gasteiger partial charge in [0.15, 0.2) is 0 Å². The summed E-state index contributed by atoms with van der Waals surface area (Å²) < 4.78 is 15.4. The number of aliphatic hydroxyl groups is 2. The van der Waals surface area contributed by atoms with Crippen LogP contribution >= 0.6 is 0 Å². The average Bonchev–Trinajstić information content (AvgIpc) is 3.27. The Morgan fingerprint density at radius 3 is 2.96 bits per heavy atom. The van der Waals surface area contributed by atoms with E-state index < -0.39 is 6.10 Å². The number of nitrogens with zero attached hydrogens (tertiary/aromatic N) is 4. The van der Waals surface area contributed by atoms with Gasteiger partial charge in [0.05, 0.1) is 36.4 Å². The Hall–Kier alpha value is -2.55. The molecule has 0 aliphatic carbocycles. The maximum atomic E-state index is 13.5. The van der Waals surface area contributed by atoms with Gasteiger partial charge in [-0.3, -0.25) is 14.7 Å². The van der Waals surface area contributed by atoms with E-state index in [2.05, 4.69) is 20.2 Å². The van der Waals surface area contributed by atoms with Gasteiger partial charge in [0.25, 0.3) is 0 Å². The lowest BCUT2D eigenvalue weighted by Gasteiger charge is -2.27. The summed E-state index contributed by atoms with van der Waals surface area (Å²) in [5, 5.41) is 30.3. The Kier molecular flexibility index (Phi) is 4.54. The fraction of sp³-hybridized carbons (Fsp3) is 0.333. The molecule has 0 fully saturated rings. The minimum atomic E-state index is -0.949. The molecule has 1 atom stereocenters. The number of nitrogens with one attached hydrogen (secondary N) is 1. The molecule has 26 heavy (non-hydrogen) atoms. The third-order valence-corrected chi connectivity index (χ3v) is 4.64.